The molecular formula is C15H25ClN2O2. The Bertz CT molecular complexity index is 400. The van der Waals surface area contributed by atoms with E-state index < -0.39 is 0 Å². The third-order valence-electron chi connectivity index (χ3n) is 2.86. The maximum absolute atomic E-state index is 6.21. The molecule has 0 saturated heterocycles. The molecule has 0 fully saturated rings. The monoisotopic (exact) mass is 300 g/mol. The smallest absolute Gasteiger partial charge is 0.179 e. The molecule has 0 bridgehead atoms. The highest BCUT2D eigenvalue weighted by molar-refractivity contribution is 6.32. The third-order valence-corrected chi connectivity index (χ3v) is 3.14. The second kappa shape index (κ2) is 9.86. The highest BCUT2D eigenvalue weighted by Gasteiger charge is 2.11. The molecule has 0 aliphatic heterocycles. The van der Waals surface area contributed by atoms with Gasteiger partial charge in [-0.15, -0.1) is 0 Å². The summed E-state index contributed by atoms with van der Waals surface area (Å²) in [4.78, 5) is 0. The van der Waals surface area contributed by atoms with E-state index in [2.05, 4.69) is 17.6 Å². The van der Waals surface area contributed by atoms with Crippen LogP contribution in [0, 0.1) is 0 Å². The normalized spacial score (nSPS) is 10.6. The zero-order valence-electron chi connectivity index (χ0n) is 12.6. The van der Waals surface area contributed by atoms with E-state index in [1.165, 1.54) is 0 Å². The molecule has 0 unspecified atom stereocenters. The van der Waals surface area contributed by atoms with Gasteiger partial charge in [0.25, 0.3) is 0 Å². The molecule has 0 aliphatic carbocycles. The van der Waals surface area contributed by atoms with Crippen molar-refractivity contribution in [2.75, 3.05) is 33.4 Å². The fourth-order valence-corrected chi connectivity index (χ4v) is 2.24. The molecule has 0 heterocycles. The van der Waals surface area contributed by atoms with Gasteiger partial charge in [-0.3, -0.25) is 0 Å². The summed E-state index contributed by atoms with van der Waals surface area (Å²) in [5.41, 5.74) is 1.10. The van der Waals surface area contributed by atoms with Gasteiger partial charge >= 0.3 is 0 Å². The first-order chi connectivity index (χ1) is 9.72. The highest BCUT2D eigenvalue weighted by atomic mass is 35.5. The van der Waals surface area contributed by atoms with Crippen LogP contribution < -0.4 is 20.1 Å². The van der Waals surface area contributed by atoms with Gasteiger partial charge in [0.2, 0.25) is 0 Å². The predicted molar refractivity (Wildman–Crippen MR) is 84.0 cm³/mol. The average Bonchev–Trinajstić information content (AvgIpc) is 2.43. The Morgan fingerprint density at radius 3 is 2.55 bits per heavy atom. The van der Waals surface area contributed by atoms with Crippen LogP contribution >= 0.6 is 11.6 Å². The molecular weight excluding hydrogens is 276 g/mol. The summed E-state index contributed by atoms with van der Waals surface area (Å²) in [5.74, 6) is 1.30. The summed E-state index contributed by atoms with van der Waals surface area (Å²) < 4.78 is 10.8. The fourth-order valence-electron chi connectivity index (χ4n) is 1.93. The van der Waals surface area contributed by atoms with E-state index >= 15 is 0 Å². The first-order valence-electron chi connectivity index (χ1n) is 7.13. The molecule has 0 radical (unpaired) electrons. The number of methoxy groups -OCH3 is 1. The molecule has 4 nitrogen and oxygen atoms in total. The van der Waals surface area contributed by atoms with Gasteiger partial charge < -0.3 is 20.1 Å². The Labute approximate surface area is 126 Å². The van der Waals surface area contributed by atoms with Crippen molar-refractivity contribution in [3.8, 4) is 11.5 Å². The molecule has 0 aliphatic rings. The highest BCUT2D eigenvalue weighted by Crippen LogP contribution is 2.36. The zero-order valence-corrected chi connectivity index (χ0v) is 13.3. The molecule has 1 aromatic rings. The van der Waals surface area contributed by atoms with E-state index in [4.69, 9.17) is 21.1 Å². The van der Waals surface area contributed by atoms with Crippen LogP contribution in [-0.2, 0) is 6.54 Å². The summed E-state index contributed by atoms with van der Waals surface area (Å²) in [6.45, 7) is 8.45. The lowest BCUT2D eigenvalue weighted by Crippen LogP contribution is -2.21. The van der Waals surface area contributed by atoms with E-state index in [9.17, 15) is 0 Å². The van der Waals surface area contributed by atoms with E-state index in [0.717, 1.165) is 38.2 Å². The van der Waals surface area contributed by atoms with Crippen LogP contribution in [0.1, 0.15) is 25.8 Å². The Balaban J connectivity index is 2.53. The van der Waals surface area contributed by atoms with Crippen molar-refractivity contribution in [3.63, 3.8) is 0 Å². The van der Waals surface area contributed by atoms with Crippen molar-refractivity contribution in [2.45, 2.75) is 26.8 Å². The molecule has 0 amide bonds. The minimum atomic E-state index is 0.586. The minimum Gasteiger partial charge on any atom is -0.491 e. The lowest BCUT2D eigenvalue weighted by molar-refractivity contribution is 0.310. The van der Waals surface area contributed by atoms with Crippen LogP contribution in [-0.4, -0.2) is 33.4 Å². The van der Waals surface area contributed by atoms with E-state index in [1.807, 2.05) is 19.1 Å². The molecule has 0 aromatic heterocycles. The Morgan fingerprint density at radius 2 is 1.90 bits per heavy atom. The van der Waals surface area contributed by atoms with Crippen molar-refractivity contribution >= 4 is 11.6 Å². The lowest BCUT2D eigenvalue weighted by Gasteiger charge is -2.13. The van der Waals surface area contributed by atoms with Crippen LogP contribution in [0.3, 0.4) is 0 Å². The van der Waals surface area contributed by atoms with Gasteiger partial charge in [-0.2, -0.15) is 0 Å². The first-order valence-corrected chi connectivity index (χ1v) is 7.51. The number of nitrogens with one attached hydrogen (secondary N) is 2. The number of ether oxygens (including phenoxy) is 2. The van der Waals surface area contributed by atoms with Crippen LogP contribution in [0.25, 0.3) is 0 Å². The van der Waals surface area contributed by atoms with Crippen molar-refractivity contribution in [3.05, 3.63) is 22.7 Å². The number of halogens is 1. The first kappa shape index (κ1) is 17.1. The summed E-state index contributed by atoms with van der Waals surface area (Å²) >= 11 is 6.21. The van der Waals surface area contributed by atoms with Gasteiger partial charge in [-0.25, -0.2) is 0 Å². The van der Waals surface area contributed by atoms with Crippen molar-refractivity contribution < 1.29 is 9.47 Å². The third kappa shape index (κ3) is 5.57. The van der Waals surface area contributed by atoms with Gasteiger partial charge in [-0.05, 0) is 50.7 Å². The molecule has 0 atom stereocenters. The SMILES string of the molecule is CCNCCCNCc1cc(Cl)c(OC)c(OCC)c1. The standard InChI is InChI=1S/C15H25ClN2O2/c1-4-17-7-6-8-18-11-12-9-13(16)15(19-3)14(10-12)20-5-2/h9-10,17-18H,4-8,11H2,1-3H3. The summed E-state index contributed by atoms with van der Waals surface area (Å²) in [6.07, 6.45) is 1.11. The second-order valence-electron chi connectivity index (χ2n) is 4.43. The molecule has 1 rings (SSSR count). The van der Waals surface area contributed by atoms with E-state index in [1.54, 1.807) is 7.11 Å². The molecule has 0 saturated carbocycles. The molecule has 2 N–H and O–H groups in total. The van der Waals surface area contributed by atoms with E-state index in [-0.39, 0.29) is 0 Å². The summed E-state index contributed by atoms with van der Waals surface area (Å²) in [5, 5.41) is 7.28. The summed E-state index contributed by atoms with van der Waals surface area (Å²) in [6, 6.07) is 3.89. The topological polar surface area (TPSA) is 42.5 Å². The van der Waals surface area contributed by atoms with Gasteiger partial charge in [-0.1, -0.05) is 18.5 Å². The van der Waals surface area contributed by atoms with Crippen molar-refractivity contribution in [1.82, 2.24) is 10.6 Å². The Kier molecular flexibility index (Phi) is 8.42. The van der Waals surface area contributed by atoms with Gasteiger partial charge in [0.05, 0.1) is 18.7 Å². The molecule has 1 aromatic carbocycles. The molecule has 5 heteroatoms. The lowest BCUT2D eigenvalue weighted by atomic mass is 10.2. The van der Waals surface area contributed by atoms with Crippen molar-refractivity contribution in [1.29, 1.82) is 0 Å². The summed E-state index contributed by atoms with van der Waals surface area (Å²) in [7, 11) is 1.60. The Hall–Kier alpha value is -0.970. The van der Waals surface area contributed by atoms with E-state index in [0.29, 0.717) is 23.1 Å². The molecule has 114 valence electrons. The zero-order chi connectivity index (χ0) is 14.8. The molecule has 0 spiro atoms. The van der Waals surface area contributed by atoms with Crippen molar-refractivity contribution in [2.24, 2.45) is 0 Å². The fraction of sp³-hybridized carbons (Fsp3) is 0.600. The van der Waals surface area contributed by atoms with Crippen LogP contribution in [0.15, 0.2) is 12.1 Å². The number of rotatable bonds is 10. The average molecular weight is 301 g/mol. The predicted octanol–water partition coefficient (Wildman–Crippen LogP) is 2.84. The maximum atomic E-state index is 6.21. The minimum absolute atomic E-state index is 0.586. The van der Waals surface area contributed by atoms with Crippen LogP contribution in [0.2, 0.25) is 5.02 Å². The number of benzene rings is 1. The maximum Gasteiger partial charge on any atom is 0.179 e. The van der Waals surface area contributed by atoms with Crippen LogP contribution in [0.5, 0.6) is 11.5 Å². The molecule has 20 heavy (non-hydrogen) atoms. The van der Waals surface area contributed by atoms with Crippen LogP contribution in [0.4, 0.5) is 0 Å². The second-order valence-corrected chi connectivity index (χ2v) is 4.83. The van der Waals surface area contributed by atoms with Gasteiger partial charge in [0, 0.05) is 6.54 Å². The number of hydrogen-bond donors (Lipinski definition) is 2. The van der Waals surface area contributed by atoms with Gasteiger partial charge in [0.1, 0.15) is 0 Å². The Morgan fingerprint density at radius 1 is 1.15 bits per heavy atom. The van der Waals surface area contributed by atoms with Gasteiger partial charge in [0.15, 0.2) is 11.5 Å². The quantitative estimate of drug-likeness (QED) is 0.652. The number of hydrogen-bond acceptors (Lipinski definition) is 4. The largest absolute Gasteiger partial charge is 0.491 e.